The van der Waals surface area contributed by atoms with Crippen LogP contribution in [0.2, 0.25) is 0 Å². The highest BCUT2D eigenvalue weighted by atomic mass is 16.5. The van der Waals surface area contributed by atoms with Gasteiger partial charge in [0.25, 0.3) is 0 Å². The monoisotopic (exact) mass is 385 g/mol. The number of hydrogen-bond acceptors (Lipinski definition) is 3. The standard InChI is InChI=1S/C26H27NO2/c1-26-12-11-18-15-19-23(28)5-2-6-24(19)29-25(18)21(26)9-8-20(26)16-7-10-22-17(14-16)4-3-13-27-22/h3-4,7,10,13-15,20-21,25H,2,5-6,8-9,11-12H2,1H3/t20-,21+,25-,26-/m1/s1. The average molecular weight is 386 g/mol. The molecule has 1 aliphatic heterocycles. The van der Waals surface area contributed by atoms with Gasteiger partial charge in [-0.25, -0.2) is 0 Å². The number of Topliss-reactive ketones (excluding diaryl/α,β-unsaturated/α-hetero) is 1. The smallest absolute Gasteiger partial charge is 0.166 e. The normalized spacial score (nSPS) is 33.6. The van der Waals surface area contributed by atoms with E-state index in [0.29, 0.717) is 18.3 Å². The lowest BCUT2D eigenvalue weighted by Crippen LogP contribution is -2.43. The number of ether oxygens (including phenoxy) is 1. The summed E-state index contributed by atoms with van der Waals surface area (Å²) in [5, 5.41) is 1.23. The summed E-state index contributed by atoms with van der Waals surface area (Å²) in [5.41, 5.74) is 5.01. The van der Waals surface area contributed by atoms with Crippen molar-refractivity contribution >= 4 is 16.7 Å². The van der Waals surface area contributed by atoms with E-state index in [2.05, 4.69) is 42.2 Å². The molecule has 4 atom stereocenters. The molecule has 0 saturated heterocycles. The lowest BCUT2D eigenvalue weighted by Gasteiger charge is -2.48. The molecular weight excluding hydrogens is 358 g/mol. The third-order valence-corrected chi connectivity index (χ3v) is 8.13. The number of carbonyl (C=O) groups is 1. The van der Waals surface area contributed by atoms with Gasteiger partial charge in [-0.1, -0.05) is 19.1 Å². The zero-order chi connectivity index (χ0) is 19.6. The minimum atomic E-state index is 0.172. The van der Waals surface area contributed by atoms with Gasteiger partial charge in [0.2, 0.25) is 0 Å². The fourth-order valence-corrected chi connectivity index (χ4v) is 6.56. The number of ketones is 1. The topological polar surface area (TPSA) is 39.2 Å². The Hall–Kier alpha value is -2.42. The van der Waals surface area contributed by atoms with Crippen LogP contribution in [-0.2, 0) is 9.53 Å². The van der Waals surface area contributed by atoms with Crippen LogP contribution < -0.4 is 0 Å². The molecule has 0 N–H and O–H groups in total. The summed E-state index contributed by atoms with van der Waals surface area (Å²) in [6, 6.07) is 11.0. The van der Waals surface area contributed by atoms with Crippen LogP contribution in [0, 0.1) is 11.3 Å². The second-order valence-electron chi connectivity index (χ2n) is 9.57. The van der Waals surface area contributed by atoms with E-state index in [9.17, 15) is 4.79 Å². The molecule has 4 aliphatic rings. The van der Waals surface area contributed by atoms with E-state index in [4.69, 9.17) is 4.74 Å². The molecule has 0 unspecified atom stereocenters. The van der Waals surface area contributed by atoms with E-state index in [1.165, 1.54) is 35.8 Å². The van der Waals surface area contributed by atoms with Crippen molar-refractivity contribution < 1.29 is 9.53 Å². The maximum absolute atomic E-state index is 12.4. The van der Waals surface area contributed by atoms with E-state index in [0.717, 1.165) is 36.1 Å². The minimum Gasteiger partial charge on any atom is -0.489 e. The second-order valence-corrected chi connectivity index (χ2v) is 9.57. The summed E-state index contributed by atoms with van der Waals surface area (Å²) in [4.78, 5) is 16.8. The van der Waals surface area contributed by atoms with Crippen LogP contribution >= 0.6 is 0 Å². The third kappa shape index (κ3) is 2.56. The Balaban J connectivity index is 1.34. The van der Waals surface area contributed by atoms with Crippen LogP contribution in [0.15, 0.2) is 59.5 Å². The first-order valence-corrected chi connectivity index (χ1v) is 11.1. The van der Waals surface area contributed by atoms with Gasteiger partial charge >= 0.3 is 0 Å². The highest BCUT2D eigenvalue weighted by Gasteiger charge is 2.54. The van der Waals surface area contributed by atoms with E-state index in [-0.39, 0.29) is 17.3 Å². The zero-order valence-corrected chi connectivity index (χ0v) is 17.0. The Morgan fingerprint density at radius 1 is 1.14 bits per heavy atom. The first-order chi connectivity index (χ1) is 14.1. The molecule has 1 aromatic carbocycles. The van der Waals surface area contributed by atoms with Gasteiger partial charge in [-0.3, -0.25) is 9.78 Å². The molecule has 1 aromatic heterocycles. The maximum Gasteiger partial charge on any atom is 0.166 e. The molecule has 6 rings (SSSR count). The van der Waals surface area contributed by atoms with E-state index in [1.807, 2.05) is 12.3 Å². The Morgan fingerprint density at radius 2 is 2.07 bits per heavy atom. The van der Waals surface area contributed by atoms with Gasteiger partial charge in [0.15, 0.2) is 5.78 Å². The second kappa shape index (κ2) is 6.29. The highest BCUT2D eigenvalue weighted by Crippen LogP contribution is 2.62. The molecule has 2 heterocycles. The van der Waals surface area contributed by atoms with Gasteiger partial charge < -0.3 is 4.74 Å². The zero-order valence-electron chi connectivity index (χ0n) is 17.0. The summed E-state index contributed by atoms with van der Waals surface area (Å²) in [7, 11) is 0. The van der Waals surface area contributed by atoms with Gasteiger partial charge in [-0.05, 0) is 78.8 Å². The number of allylic oxidation sites excluding steroid dienone is 3. The molecule has 2 aromatic rings. The van der Waals surface area contributed by atoms with Gasteiger partial charge in [0.1, 0.15) is 11.9 Å². The number of carbonyl (C=O) groups excluding carboxylic acids is 1. The van der Waals surface area contributed by atoms with E-state index in [1.54, 1.807) is 0 Å². The molecule has 0 spiro atoms. The van der Waals surface area contributed by atoms with Gasteiger partial charge in [-0.2, -0.15) is 0 Å². The number of fused-ring (bicyclic) bond motifs is 4. The van der Waals surface area contributed by atoms with Crippen LogP contribution in [0.4, 0.5) is 0 Å². The maximum atomic E-state index is 12.4. The molecule has 3 heteroatoms. The predicted molar refractivity (Wildman–Crippen MR) is 113 cm³/mol. The quantitative estimate of drug-likeness (QED) is 0.617. The molecule has 29 heavy (non-hydrogen) atoms. The van der Waals surface area contributed by atoms with Gasteiger partial charge in [-0.15, -0.1) is 0 Å². The van der Waals surface area contributed by atoms with Crippen LogP contribution in [0.25, 0.3) is 10.9 Å². The number of nitrogens with zero attached hydrogens (tertiary/aromatic N) is 1. The lowest BCUT2D eigenvalue weighted by molar-refractivity contribution is -0.116. The fourth-order valence-electron chi connectivity index (χ4n) is 6.56. The minimum absolute atomic E-state index is 0.172. The van der Waals surface area contributed by atoms with Crippen molar-refractivity contribution in [1.29, 1.82) is 0 Å². The predicted octanol–water partition coefficient (Wildman–Crippen LogP) is 5.86. The lowest BCUT2D eigenvalue weighted by atomic mass is 9.61. The summed E-state index contributed by atoms with van der Waals surface area (Å²) >= 11 is 0. The fraction of sp³-hybridized carbons (Fsp3) is 0.462. The Bertz CT molecular complexity index is 1080. The van der Waals surface area contributed by atoms with Crippen molar-refractivity contribution in [3.63, 3.8) is 0 Å². The molecule has 2 fully saturated rings. The molecule has 2 saturated carbocycles. The first kappa shape index (κ1) is 17.4. The van der Waals surface area contributed by atoms with Crippen molar-refractivity contribution in [3.05, 3.63) is 65.1 Å². The van der Waals surface area contributed by atoms with E-state index >= 15 is 0 Å². The van der Waals surface area contributed by atoms with Crippen molar-refractivity contribution in [3.8, 4) is 0 Å². The van der Waals surface area contributed by atoms with Gasteiger partial charge in [0, 0.05) is 30.3 Å². The van der Waals surface area contributed by atoms with Crippen molar-refractivity contribution in [2.75, 3.05) is 0 Å². The SMILES string of the molecule is C[C@]12CCC3=CC4=C(CCCC4=O)O[C@H]3[C@@H]1CC[C@@H]2c1ccc2ncccc2c1. The van der Waals surface area contributed by atoms with Crippen LogP contribution in [0.1, 0.15) is 63.4 Å². The van der Waals surface area contributed by atoms with E-state index < -0.39 is 0 Å². The summed E-state index contributed by atoms with van der Waals surface area (Å²) < 4.78 is 6.58. The van der Waals surface area contributed by atoms with Crippen molar-refractivity contribution in [2.45, 2.75) is 63.9 Å². The van der Waals surface area contributed by atoms with Crippen molar-refractivity contribution in [2.24, 2.45) is 11.3 Å². The first-order valence-electron chi connectivity index (χ1n) is 11.1. The number of pyridine rings is 1. The number of benzene rings is 1. The number of aromatic nitrogens is 1. The molecule has 0 amide bonds. The average Bonchev–Trinajstić information content (AvgIpc) is 3.10. The number of rotatable bonds is 1. The summed E-state index contributed by atoms with van der Waals surface area (Å²) in [5.74, 6) is 2.34. The molecule has 3 aliphatic carbocycles. The summed E-state index contributed by atoms with van der Waals surface area (Å²) in [6.07, 6.45) is 11.4. The molecule has 3 nitrogen and oxygen atoms in total. The van der Waals surface area contributed by atoms with Crippen LogP contribution in [0.3, 0.4) is 0 Å². The third-order valence-electron chi connectivity index (χ3n) is 8.13. The molecular formula is C26H27NO2. The number of hydrogen-bond donors (Lipinski definition) is 0. The van der Waals surface area contributed by atoms with Crippen molar-refractivity contribution in [1.82, 2.24) is 4.98 Å². The summed E-state index contributed by atoms with van der Waals surface area (Å²) in [6.45, 7) is 2.48. The van der Waals surface area contributed by atoms with Crippen LogP contribution in [0.5, 0.6) is 0 Å². The van der Waals surface area contributed by atoms with Gasteiger partial charge in [0.05, 0.1) is 11.1 Å². The Morgan fingerprint density at radius 3 is 3.00 bits per heavy atom. The Kier molecular flexibility index (Phi) is 3.78. The molecule has 148 valence electrons. The van der Waals surface area contributed by atoms with Crippen LogP contribution in [-0.4, -0.2) is 16.9 Å². The molecule has 0 radical (unpaired) electrons. The molecule has 0 bridgehead atoms. The Labute approximate surface area is 171 Å². The highest BCUT2D eigenvalue weighted by molar-refractivity contribution is 5.99. The largest absolute Gasteiger partial charge is 0.489 e.